The molecule has 0 aromatic heterocycles. The van der Waals surface area contributed by atoms with Crippen molar-refractivity contribution in [1.82, 2.24) is 0 Å². The van der Waals surface area contributed by atoms with Gasteiger partial charge in [0.2, 0.25) is 0 Å². The van der Waals surface area contributed by atoms with Crippen molar-refractivity contribution in [2.45, 2.75) is 32.3 Å². The first-order chi connectivity index (χ1) is 9.06. The van der Waals surface area contributed by atoms with E-state index in [0.717, 1.165) is 39.3 Å². The highest BCUT2D eigenvalue weighted by Crippen LogP contribution is 2.17. The molecule has 1 rings (SSSR count). The van der Waals surface area contributed by atoms with Gasteiger partial charge in [0.15, 0.2) is 5.60 Å². The zero-order valence-electron chi connectivity index (χ0n) is 12.0. The topological polar surface area (TPSA) is 40.0 Å². The lowest BCUT2D eigenvalue weighted by Crippen LogP contribution is -3.14. The highest BCUT2D eigenvalue weighted by molar-refractivity contribution is 5.67. The fourth-order valence-corrected chi connectivity index (χ4v) is 2.03. The maximum atomic E-state index is 11.1. The number of nitrogens with one attached hydrogen (secondary N) is 1. The molecule has 0 amide bonds. The number of esters is 1. The minimum Gasteiger partial charge on any atom is -0.446 e. The van der Waals surface area contributed by atoms with Crippen molar-refractivity contribution < 1.29 is 19.2 Å². The summed E-state index contributed by atoms with van der Waals surface area (Å²) in [6.45, 7) is 11.3. The zero-order chi connectivity index (χ0) is 14.1. The number of hydrogen-bond donors (Lipinski definition) is 1. The van der Waals surface area contributed by atoms with Crippen molar-refractivity contribution in [2.24, 2.45) is 0 Å². The summed E-state index contributed by atoms with van der Waals surface area (Å²) in [5.74, 6) is 5.97. The Bertz CT molecular complexity index is 363. The summed E-state index contributed by atoms with van der Waals surface area (Å²) in [4.78, 5) is 12.6. The van der Waals surface area contributed by atoms with Crippen LogP contribution in [0, 0.1) is 11.8 Å². The first-order valence-electron chi connectivity index (χ1n) is 6.77. The highest BCUT2D eigenvalue weighted by atomic mass is 16.6. The van der Waals surface area contributed by atoms with Crippen LogP contribution in [0.15, 0.2) is 12.7 Å². The summed E-state index contributed by atoms with van der Waals surface area (Å²) in [7, 11) is 0. The molecule has 0 radical (unpaired) electrons. The Morgan fingerprint density at radius 1 is 1.53 bits per heavy atom. The lowest BCUT2D eigenvalue weighted by Gasteiger charge is -2.24. The van der Waals surface area contributed by atoms with Gasteiger partial charge in [0.25, 0.3) is 0 Å². The van der Waals surface area contributed by atoms with E-state index in [2.05, 4.69) is 18.4 Å². The summed E-state index contributed by atoms with van der Waals surface area (Å²) in [6, 6.07) is 0. The van der Waals surface area contributed by atoms with Gasteiger partial charge in [-0.15, -0.1) is 6.58 Å². The van der Waals surface area contributed by atoms with Gasteiger partial charge in [-0.2, -0.15) is 0 Å². The molecule has 1 aliphatic rings. The van der Waals surface area contributed by atoms with E-state index in [1.165, 1.54) is 11.8 Å². The third kappa shape index (κ3) is 6.42. The van der Waals surface area contributed by atoms with Crippen LogP contribution in [0.5, 0.6) is 0 Å². The molecule has 19 heavy (non-hydrogen) atoms. The minimum atomic E-state index is -0.703. The molecule has 0 bridgehead atoms. The molecule has 0 saturated carbocycles. The molecular formula is C15H24NO3+. The fourth-order valence-electron chi connectivity index (χ4n) is 2.03. The van der Waals surface area contributed by atoms with Gasteiger partial charge < -0.3 is 14.4 Å². The van der Waals surface area contributed by atoms with Crippen LogP contribution in [-0.2, 0) is 14.3 Å². The van der Waals surface area contributed by atoms with E-state index in [4.69, 9.17) is 9.47 Å². The summed E-state index contributed by atoms with van der Waals surface area (Å²) >= 11 is 0. The average Bonchev–Trinajstić information content (AvgIpc) is 2.37. The zero-order valence-corrected chi connectivity index (χ0v) is 12.0. The molecule has 1 fully saturated rings. The van der Waals surface area contributed by atoms with Crippen LogP contribution < -0.4 is 4.90 Å². The SMILES string of the molecule is C=CCC[C@@](C)(C#CC[NH+]1CCOCC1)OC(C)=O. The Labute approximate surface area is 115 Å². The lowest BCUT2D eigenvalue weighted by molar-refractivity contribution is -0.900. The Hall–Kier alpha value is -1.31. The second-order valence-corrected chi connectivity index (χ2v) is 4.99. The number of allylic oxidation sites excluding steroid dienone is 1. The Balaban J connectivity index is 2.54. The number of carbonyl (C=O) groups excluding carboxylic acids is 1. The number of hydrogen-bond acceptors (Lipinski definition) is 3. The maximum absolute atomic E-state index is 11.1. The quantitative estimate of drug-likeness (QED) is 0.439. The van der Waals surface area contributed by atoms with Crippen LogP contribution in [-0.4, -0.2) is 44.4 Å². The third-order valence-corrected chi connectivity index (χ3v) is 3.09. The monoisotopic (exact) mass is 266 g/mol. The van der Waals surface area contributed by atoms with E-state index in [1.54, 1.807) is 0 Å². The minimum absolute atomic E-state index is 0.292. The number of ether oxygens (including phenoxy) is 2. The van der Waals surface area contributed by atoms with Crippen molar-refractivity contribution in [1.29, 1.82) is 0 Å². The molecule has 4 heteroatoms. The van der Waals surface area contributed by atoms with Gasteiger partial charge in [-0.1, -0.05) is 6.08 Å². The molecule has 1 saturated heterocycles. The second-order valence-electron chi connectivity index (χ2n) is 4.99. The number of rotatable bonds is 5. The van der Waals surface area contributed by atoms with Crippen molar-refractivity contribution in [3.8, 4) is 11.8 Å². The van der Waals surface area contributed by atoms with Crippen LogP contribution >= 0.6 is 0 Å². The van der Waals surface area contributed by atoms with Gasteiger partial charge in [0.1, 0.15) is 19.6 Å². The molecule has 0 aliphatic carbocycles. The number of morpholine rings is 1. The van der Waals surface area contributed by atoms with E-state index in [1.807, 2.05) is 13.0 Å². The smallest absolute Gasteiger partial charge is 0.304 e. The largest absolute Gasteiger partial charge is 0.446 e. The van der Waals surface area contributed by atoms with Gasteiger partial charge in [-0.3, -0.25) is 4.79 Å². The highest BCUT2D eigenvalue weighted by Gasteiger charge is 2.24. The van der Waals surface area contributed by atoms with E-state index in [-0.39, 0.29) is 5.97 Å². The first kappa shape index (κ1) is 15.7. The average molecular weight is 266 g/mol. The van der Waals surface area contributed by atoms with E-state index in [0.29, 0.717) is 6.42 Å². The molecular weight excluding hydrogens is 242 g/mol. The molecule has 1 heterocycles. The van der Waals surface area contributed by atoms with E-state index < -0.39 is 5.60 Å². The standard InChI is InChI=1S/C15H23NO3/c1-4-5-7-15(3,19-14(2)17)8-6-9-16-10-12-18-13-11-16/h4H,1,5,7,9-13H2,2-3H3/p+1/t15-/m0/s1. The molecule has 0 aromatic carbocycles. The Morgan fingerprint density at radius 3 is 2.79 bits per heavy atom. The summed E-state index contributed by atoms with van der Waals surface area (Å²) in [5, 5.41) is 0. The van der Waals surface area contributed by atoms with Crippen LogP contribution in [0.1, 0.15) is 26.7 Å². The fraction of sp³-hybridized carbons (Fsp3) is 0.667. The van der Waals surface area contributed by atoms with Crippen LogP contribution in [0.4, 0.5) is 0 Å². The van der Waals surface area contributed by atoms with Crippen LogP contribution in [0.2, 0.25) is 0 Å². The first-order valence-corrected chi connectivity index (χ1v) is 6.77. The van der Waals surface area contributed by atoms with Gasteiger partial charge in [0, 0.05) is 13.3 Å². The molecule has 1 N–H and O–H groups in total. The van der Waals surface area contributed by atoms with Crippen molar-refractivity contribution in [3.05, 3.63) is 12.7 Å². The van der Waals surface area contributed by atoms with Crippen molar-refractivity contribution >= 4 is 5.97 Å². The predicted octanol–water partition coefficient (Wildman–Crippen LogP) is 0.193. The molecule has 0 spiro atoms. The number of carbonyl (C=O) groups is 1. The third-order valence-electron chi connectivity index (χ3n) is 3.09. The molecule has 4 nitrogen and oxygen atoms in total. The normalized spacial score (nSPS) is 18.8. The molecule has 0 unspecified atom stereocenters. The van der Waals surface area contributed by atoms with E-state index in [9.17, 15) is 4.79 Å². The maximum Gasteiger partial charge on any atom is 0.304 e. The van der Waals surface area contributed by atoms with Crippen molar-refractivity contribution in [2.75, 3.05) is 32.8 Å². The summed E-state index contributed by atoms with van der Waals surface area (Å²) in [5.41, 5.74) is -0.703. The molecule has 106 valence electrons. The van der Waals surface area contributed by atoms with Gasteiger partial charge in [-0.25, -0.2) is 0 Å². The van der Waals surface area contributed by atoms with Crippen LogP contribution in [0.25, 0.3) is 0 Å². The predicted molar refractivity (Wildman–Crippen MR) is 73.8 cm³/mol. The summed E-state index contributed by atoms with van der Waals surface area (Å²) < 4.78 is 10.6. The van der Waals surface area contributed by atoms with Gasteiger partial charge in [0.05, 0.1) is 13.2 Å². The van der Waals surface area contributed by atoms with Gasteiger partial charge >= 0.3 is 5.97 Å². The van der Waals surface area contributed by atoms with Crippen molar-refractivity contribution in [3.63, 3.8) is 0 Å². The Morgan fingerprint density at radius 2 is 2.21 bits per heavy atom. The number of quaternary nitrogens is 1. The lowest BCUT2D eigenvalue weighted by atomic mass is 10.0. The van der Waals surface area contributed by atoms with Crippen LogP contribution in [0.3, 0.4) is 0 Å². The van der Waals surface area contributed by atoms with Gasteiger partial charge in [-0.05, 0) is 25.2 Å². The van der Waals surface area contributed by atoms with E-state index >= 15 is 0 Å². The summed E-state index contributed by atoms with van der Waals surface area (Å²) in [6.07, 6.45) is 3.28. The molecule has 1 atom stereocenters. The molecule has 0 aromatic rings. The Kier molecular flexibility index (Phi) is 6.61. The molecule has 1 aliphatic heterocycles. The second kappa shape index (κ2) is 7.98.